The summed E-state index contributed by atoms with van der Waals surface area (Å²) in [6, 6.07) is 13.0. The van der Waals surface area contributed by atoms with E-state index in [0.29, 0.717) is 12.3 Å². The van der Waals surface area contributed by atoms with Gasteiger partial charge in [-0.2, -0.15) is 5.10 Å². The maximum atomic E-state index is 12.2. The molecule has 1 aliphatic rings. The Hall–Kier alpha value is -3.55. The van der Waals surface area contributed by atoms with Crippen molar-refractivity contribution in [1.29, 1.82) is 0 Å². The molecular weight excluding hydrogens is 346 g/mol. The quantitative estimate of drug-likeness (QED) is 0.725. The van der Waals surface area contributed by atoms with Gasteiger partial charge in [0.2, 0.25) is 6.79 Å². The van der Waals surface area contributed by atoms with E-state index in [1.54, 1.807) is 11.0 Å². The van der Waals surface area contributed by atoms with Gasteiger partial charge in [0.25, 0.3) is 0 Å². The van der Waals surface area contributed by atoms with Crippen molar-refractivity contribution in [3.63, 3.8) is 0 Å². The molecule has 1 unspecified atom stereocenters. The van der Waals surface area contributed by atoms with Gasteiger partial charge in [0.15, 0.2) is 11.5 Å². The molecular formula is C19H19N5O3. The van der Waals surface area contributed by atoms with Crippen LogP contribution in [0.15, 0.2) is 55.1 Å². The number of fused-ring (bicyclic) bond motifs is 1. The molecule has 1 aromatic heterocycles. The lowest BCUT2D eigenvalue weighted by Crippen LogP contribution is -2.36. The van der Waals surface area contributed by atoms with Gasteiger partial charge >= 0.3 is 6.03 Å². The molecule has 0 radical (unpaired) electrons. The fourth-order valence-corrected chi connectivity index (χ4v) is 2.82. The number of benzene rings is 2. The van der Waals surface area contributed by atoms with Gasteiger partial charge in [-0.25, -0.2) is 14.5 Å². The zero-order valence-corrected chi connectivity index (χ0v) is 14.8. The summed E-state index contributed by atoms with van der Waals surface area (Å²) in [6.07, 6.45) is 3.13. The highest BCUT2D eigenvalue weighted by molar-refractivity contribution is 5.74. The van der Waals surface area contributed by atoms with Crippen LogP contribution in [0.4, 0.5) is 4.79 Å². The average Bonchev–Trinajstić information content (AvgIpc) is 3.38. The molecule has 0 spiro atoms. The van der Waals surface area contributed by atoms with E-state index in [1.165, 1.54) is 6.33 Å². The number of carbonyl (C=O) groups excluding carboxylic acids is 1. The number of ether oxygens (including phenoxy) is 2. The monoisotopic (exact) mass is 365 g/mol. The molecule has 2 amide bonds. The molecule has 0 bridgehead atoms. The van der Waals surface area contributed by atoms with Crippen molar-refractivity contribution in [1.82, 2.24) is 25.4 Å². The van der Waals surface area contributed by atoms with Crippen LogP contribution >= 0.6 is 0 Å². The van der Waals surface area contributed by atoms with Gasteiger partial charge in [-0.05, 0) is 42.3 Å². The fourth-order valence-electron chi connectivity index (χ4n) is 2.82. The summed E-state index contributed by atoms with van der Waals surface area (Å²) >= 11 is 0. The molecule has 0 saturated carbocycles. The molecule has 4 rings (SSSR count). The van der Waals surface area contributed by atoms with Gasteiger partial charge in [-0.3, -0.25) is 0 Å². The van der Waals surface area contributed by atoms with Crippen molar-refractivity contribution in [2.75, 3.05) is 6.79 Å². The fraction of sp³-hybridized carbons (Fsp3) is 0.211. The second-order valence-corrected chi connectivity index (χ2v) is 6.17. The van der Waals surface area contributed by atoms with Crippen molar-refractivity contribution in [2.45, 2.75) is 19.5 Å². The molecule has 27 heavy (non-hydrogen) atoms. The molecule has 0 fully saturated rings. The highest BCUT2D eigenvalue weighted by Crippen LogP contribution is 2.32. The maximum Gasteiger partial charge on any atom is 0.315 e. The highest BCUT2D eigenvalue weighted by atomic mass is 16.7. The zero-order valence-electron chi connectivity index (χ0n) is 14.8. The molecule has 2 N–H and O–H groups in total. The van der Waals surface area contributed by atoms with Gasteiger partial charge in [0, 0.05) is 6.54 Å². The average molecular weight is 365 g/mol. The number of amides is 2. The standard InChI is InChI=1S/C19H19N5O3/c1-13(15-3-5-16(6-4-15)24-11-20-10-22-24)23-19(25)21-9-14-2-7-17-18(8-14)27-12-26-17/h2-8,10-11,13H,9,12H2,1H3,(H2,21,23,25). The molecule has 1 aliphatic heterocycles. The van der Waals surface area contributed by atoms with Gasteiger partial charge in [0.1, 0.15) is 12.7 Å². The molecule has 8 heteroatoms. The lowest BCUT2D eigenvalue weighted by Gasteiger charge is -2.15. The third-order valence-corrected chi connectivity index (χ3v) is 4.31. The number of aromatic nitrogens is 3. The molecule has 2 heterocycles. The first-order chi connectivity index (χ1) is 13.2. The molecule has 0 saturated heterocycles. The second-order valence-electron chi connectivity index (χ2n) is 6.17. The molecule has 1 atom stereocenters. The van der Waals surface area contributed by atoms with Gasteiger partial charge < -0.3 is 20.1 Å². The van der Waals surface area contributed by atoms with Crippen LogP contribution in [0.5, 0.6) is 11.5 Å². The summed E-state index contributed by atoms with van der Waals surface area (Å²) in [5.41, 5.74) is 2.85. The second kappa shape index (κ2) is 7.36. The Labute approximate surface area is 156 Å². The third kappa shape index (κ3) is 3.84. The summed E-state index contributed by atoms with van der Waals surface area (Å²) in [5, 5.41) is 9.88. The summed E-state index contributed by atoms with van der Waals surface area (Å²) < 4.78 is 12.3. The van der Waals surface area contributed by atoms with E-state index in [1.807, 2.05) is 49.4 Å². The first kappa shape index (κ1) is 16.9. The smallest absolute Gasteiger partial charge is 0.315 e. The molecule has 8 nitrogen and oxygen atoms in total. The summed E-state index contributed by atoms with van der Waals surface area (Å²) in [5.74, 6) is 1.43. The first-order valence-corrected chi connectivity index (χ1v) is 8.57. The minimum atomic E-state index is -0.236. The Morgan fingerprint density at radius 2 is 2.00 bits per heavy atom. The van der Waals surface area contributed by atoms with Crippen LogP contribution in [0, 0.1) is 0 Å². The van der Waals surface area contributed by atoms with E-state index in [9.17, 15) is 4.79 Å². The van der Waals surface area contributed by atoms with E-state index < -0.39 is 0 Å². The SMILES string of the molecule is CC(NC(=O)NCc1ccc2c(c1)OCO2)c1ccc(-n2cncn2)cc1. The Morgan fingerprint density at radius 1 is 1.19 bits per heavy atom. The van der Waals surface area contributed by atoms with Crippen molar-refractivity contribution in [3.8, 4) is 17.2 Å². The van der Waals surface area contributed by atoms with Crippen LogP contribution in [0.25, 0.3) is 5.69 Å². The Bertz CT molecular complexity index is 925. The Morgan fingerprint density at radius 3 is 2.78 bits per heavy atom. The predicted molar refractivity (Wildman–Crippen MR) is 97.7 cm³/mol. The van der Waals surface area contributed by atoms with Gasteiger partial charge in [0.05, 0.1) is 11.7 Å². The van der Waals surface area contributed by atoms with Gasteiger partial charge in [-0.1, -0.05) is 18.2 Å². The normalized spacial score (nSPS) is 13.2. The molecule has 2 aromatic carbocycles. The summed E-state index contributed by atoms with van der Waals surface area (Å²) in [7, 11) is 0. The molecule has 138 valence electrons. The van der Waals surface area contributed by atoms with E-state index in [4.69, 9.17) is 9.47 Å². The van der Waals surface area contributed by atoms with Crippen molar-refractivity contribution < 1.29 is 14.3 Å². The van der Waals surface area contributed by atoms with Crippen molar-refractivity contribution >= 4 is 6.03 Å². The summed E-state index contributed by atoms with van der Waals surface area (Å²) in [4.78, 5) is 16.1. The summed E-state index contributed by atoms with van der Waals surface area (Å²) in [6.45, 7) is 2.57. The van der Waals surface area contributed by atoms with Crippen LogP contribution < -0.4 is 20.1 Å². The molecule has 3 aromatic rings. The number of hydrogen-bond donors (Lipinski definition) is 2. The van der Waals surface area contributed by atoms with Crippen molar-refractivity contribution in [2.24, 2.45) is 0 Å². The number of carbonyl (C=O) groups is 1. The van der Waals surface area contributed by atoms with Crippen molar-refractivity contribution in [3.05, 3.63) is 66.2 Å². The zero-order chi connectivity index (χ0) is 18.6. The van der Waals surface area contributed by atoms with E-state index in [-0.39, 0.29) is 18.9 Å². The topological polar surface area (TPSA) is 90.3 Å². The third-order valence-electron chi connectivity index (χ3n) is 4.31. The van der Waals surface area contributed by atoms with E-state index >= 15 is 0 Å². The van der Waals surface area contributed by atoms with E-state index in [0.717, 1.165) is 22.6 Å². The minimum absolute atomic E-state index is 0.133. The molecule has 0 aliphatic carbocycles. The minimum Gasteiger partial charge on any atom is -0.454 e. The highest BCUT2D eigenvalue weighted by Gasteiger charge is 2.14. The lowest BCUT2D eigenvalue weighted by molar-refractivity contribution is 0.174. The number of rotatable bonds is 5. The lowest BCUT2D eigenvalue weighted by atomic mass is 10.1. The number of nitrogens with zero attached hydrogens (tertiary/aromatic N) is 3. The van der Waals surface area contributed by atoms with Crippen LogP contribution in [0.3, 0.4) is 0 Å². The number of nitrogens with one attached hydrogen (secondary N) is 2. The van der Waals surface area contributed by atoms with Crippen LogP contribution in [0.2, 0.25) is 0 Å². The Kier molecular flexibility index (Phi) is 4.61. The van der Waals surface area contributed by atoms with Gasteiger partial charge in [-0.15, -0.1) is 0 Å². The number of urea groups is 1. The van der Waals surface area contributed by atoms with Crippen LogP contribution in [-0.2, 0) is 6.54 Å². The maximum absolute atomic E-state index is 12.2. The predicted octanol–water partition coefficient (Wildman–Crippen LogP) is 2.56. The Balaban J connectivity index is 1.31. The number of hydrogen-bond acceptors (Lipinski definition) is 5. The van der Waals surface area contributed by atoms with Crippen LogP contribution in [-0.4, -0.2) is 27.6 Å². The largest absolute Gasteiger partial charge is 0.454 e. The van der Waals surface area contributed by atoms with E-state index in [2.05, 4.69) is 20.7 Å². The first-order valence-electron chi connectivity index (χ1n) is 8.57. The van der Waals surface area contributed by atoms with Crippen LogP contribution in [0.1, 0.15) is 24.1 Å².